The molecule has 1 atom stereocenters. The number of hydrogen-bond acceptors (Lipinski definition) is 6. The highest BCUT2D eigenvalue weighted by Crippen LogP contribution is 2.31. The molecule has 1 aromatic heterocycles. The number of aromatic nitrogens is 1. The van der Waals surface area contributed by atoms with Gasteiger partial charge in [0.05, 0.1) is 22.1 Å². The molecule has 0 fully saturated rings. The fraction of sp³-hybridized carbons (Fsp3) is 0.333. The molecular weight excluding hydrogens is 354 g/mol. The van der Waals surface area contributed by atoms with Gasteiger partial charge in [-0.3, -0.25) is 9.59 Å². The number of nitrogens with one attached hydrogen (secondary N) is 1. The summed E-state index contributed by atoms with van der Waals surface area (Å²) >= 11 is 1.24. The van der Waals surface area contributed by atoms with Gasteiger partial charge in [0.25, 0.3) is 5.91 Å². The smallest absolute Gasteiger partial charge is 0.350 e. The van der Waals surface area contributed by atoms with Gasteiger partial charge in [-0.15, -0.1) is 11.3 Å². The zero-order chi connectivity index (χ0) is 18.8. The number of para-hydroxylation sites is 2. The van der Waals surface area contributed by atoms with Crippen molar-refractivity contribution in [1.82, 2.24) is 4.98 Å². The summed E-state index contributed by atoms with van der Waals surface area (Å²) in [7, 11) is 0. The predicted octanol–water partition coefficient (Wildman–Crippen LogP) is 2.68. The summed E-state index contributed by atoms with van der Waals surface area (Å²) in [6, 6.07) is 6.72. The van der Waals surface area contributed by atoms with Crippen molar-refractivity contribution in [3.63, 3.8) is 0 Å². The number of carbonyl (C=O) groups is 3. The van der Waals surface area contributed by atoms with Crippen LogP contribution in [0.4, 0.5) is 11.4 Å². The summed E-state index contributed by atoms with van der Waals surface area (Å²) < 4.78 is 5.20. The molecule has 2 aromatic rings. The number of amides is 2. The number of thiazole rings is 1. The van der Waals surface area contributed by atoms with Gasteiger partial charge in [-0.2, -0.15) is 0 Å². The SMILES string of the molecule is Cc1nc(C)c(C(=O)OCC(=O)N2c3ccccc3NC(=O)CC2C)s1. The fourth-order valence-corrected chi connectivity index (χ4v) is 3.76. The first-order valence-corrected chi connectivity index (χ1v) is 9.00. The zero-order valence-corrected chi connectivity index (χ0v) is 15.6. The summed E-state index contributed by atoms with van der Waals surface area (Å²) in [5.74, 6) is -1.10. The third kappa shape index (κ3) is 3.60. The summed E-state index contributed by atoms with van der Waals surface area (Å²) in [5, 5.41) is 3.56. The fourth-order valence-electron chi connectivity index (χ4n) is 2.95. The van der Waals surface area contributed by atoms with Gasteiger partial charge in [-0.25, -0.2) is 9.78 Å². The van der Waals surface area contributed by atoms with Crippen LogP contribution in [0.25, 0.3) is 0 Å². The van der Waals surface area contributed by atoms with E-state index >= 15 is 0 Å². The van der Waals surface area contributed by atoms with Gasteiger partial charge in [0.2, 0.25) is 5.91 Å². The molecule has 1 aliphatic heterocycles. The average Bonchev–Trinajstić information content (AvgIpc) is 2.85. The molecule has 1 aromatic carbocycles. The van der Waals surface area contributed by atoms with Crippen LogP contribution in [0.15, 0.2) is 24.3 Å². The van der Waals surface area contributed by atoms with Crippen LogP contribution in [0.5, 0.6) is 0 Å². The van der Waals surface area contributed by atoms with E-state index in [2.05, 4.69) is 10.3 Å². The van der Waals surface area contributed by atoms with E-state index in [9.17, 15) is 14.4 Å². The number of hydrogen-bond donors (Lipinski definition) is 1. The summed E-state index contributed by atoms with van der Waals surface area (Å²) in [6.45, 7) is 4.92. The predicted molar refractivity (Wildman–Crippen MR) is 98.5 cm³/mol. The van der Waals surface area contributed by atoms with Crippen LogP contribution < -0.4 is 10.2 Å². The van der Waals surface area contributed by atoms with Crippen molar-refractivity contribution in [3.8, 4) is 0 Å². The number of nitrogens with zero attached hydrogens (tertiary/aromatic N) is 2. The molecule has 136 valence electrons. The van der Waals surface area contributed by atoms with Crippen molar-refractivity contribution in [2.75, 3.05) is 16.8 Å². The van der Waals surface area contributed by atoms with Crippen molar-refractivity contribution in [2.24, 2.45) is 0 Å². The molecule has 0 saturated heterocycles. The Morgan fingerprint density at radius 3 is 2.77 bits per heavy atom. The Labute approximate surface area is 155 Å². The maximum absolute atomic E-state index is 12.8. The topological polar surface area (TPSA) is 88.6 Å². The molecule has 2 amide bonds. The molecule has 0 aliphatic carbocycles. The molecule has 0 radical (unpaired) electrons. The highest BCUT2D eigenvalue weighted by atomic mass is 32.1. The summed E-state index contributed by atoms with van der Waals surface area (Å²) in [5.41, 5.74) is 1.75. The lowest BCUT2D eigenvalue weighted by molar-refractivity contribution is -0.122. The normalized spacial score (nSPS) is 16.5. The molecule has 1 N–H and O–H groups in total. The number of anilines is 2. The third-order valence-corrected chi connectivity index (χ3v) is 5.10. The second kappa shape index (κ2) is 7.25. The van der Waals surface area contributed by atoms with Gasteiger partial charge in [-0.05, 0) is 32.9 Å². The number of fused-ring (bicyclic) bond motifs is 1. The molecule has 0 bridgehead atoms. The Balaban J connectivity index is 1.77. The van der Waals surface area contributed by atoms with E-state index in [1.54, 1.807) is 45.0 Å². The molecule has 8 heteroatoms. The molecule has 26 heavy (non-hydrogen) atoms. The minimum atomic E-state index is -0.564. The molecule has 3 rings (SSSR count). The number of ether oxygens (including phenoxy) is 1. The highest BCUT2D eigenvalue weighted by molar-refractivity contribution is 7.13. The third-order valence-electron chi connectivity index (χ3n) is 4.04. The summed E-state index contributed by atoms with van der Waals surface area (Å²) in [6.07, 6.45) is 0.168. The van der Waals surface area contributed by atoms with E-state index in [1.165, 1.54) is 16.2 Å². The van der Waals surface area contributed by atoms with Gasteiger partial charge >= 0.3 is 5.97 Å². The summed E-state index contributed by atoms with van der Waals surface area (Å²) in [4.78, 5) is 43.0. The molecule has 2 heterocycles. The Morgan fingerprint density at radius 1 is 1.35 bits per heavy atom. The van der Waals surface area contributed by atoms with Crippen LogP contribution in [0, 0.1) is 13.8 Å². The second-order valence-corrected chi connectivity index (χ2v) is 7.31. The van der Waals surface area contributed by atoms with Crippen LogP contribution >= 0.6 is 11.3 Å². The van der Waals surface area contributed by atoms with Gasteiger partial charge in [0, 0.05) is 12.5 Å². The van der Waals surface area contributed by atoms with E-state index in [4.69, 9.17) is 4.74 Å². The monoisotopic (exact) mass is 373 g/mol. The van der Waals surface area contributed by atoms with Gasteiger partial charge in [0.15, 0.2) is 6.61 Å². The minimum absolute atomic E-state index is 0.159. The Morgan fingerprint density at radius 2 is 2.08 bits per heavy atom. The van der Waals surface area contributed by atoms with Gasteiger partial charge < -0.3 is 15.0 Å². The largest absolute Gasteiger partial charge is 0.451 e. The highest BCUT2D eigenvalue weighted by Gasteiger charge is 2.30. The van der Waals surface area contributed by atoms with E-state index in [0.717, 1.165) is 5.01 Å². The number of carbonyl (C=O) groups excluding carboxylic acids is 3. The van der Waals surface area contributed by atoms with Crippen molar-refractivity contribution in [2.45, 2.75) is 33.2 Å². The molecule has 1 unspecified atom stereocenters. The lowest BCUT2D eigenvalue weighted by Crippen LogP contribution is -2.41. The van der Waals surface area contributed by atoms with E-state index in [1.807, 2.05) is 0 Å². The number of rotatable bonds is 3. The minimum Gasteiger partial charge on any atom is -0.451 e. The zero-order valence-electron chi connectivity index (χ0n) is 14.7. The van der Waals surface area contributed by atoms with Gasteiger partial charge in [-0.1, -0.05) is 12.1 Å². The van der Waals surface area contributed by atoms with E-state index < -0.39 is 12.6 Å². The quantitative estimate of drug-likeness (QED) is 0.836. The lowest BCUT2D eigenvalue weighted by Gasteiger charge is -2.27. The van der Waals surface area contributed by atoms with Crippen LogP contribution in [0.3, 0.4) is 0 Å². The second-order valence-electron chi connectivity index (χ2n) is 6.11. The van der Waals surface area contributed by atoms with Crippen molar-refractivity contribution >= 4 is 40.5 Å². The Kier molecular flexibility index (Phi) is 5.03. The maximum Gasteiger partial charge on any atom is 0.350 e. The molecular formula is C18H19N3O4S. The first kappa shape index (κ1) is 18.1. The molecule has 0 spiro atoms. The standard InChI is InChI=1S/C18H19N3O4S/c1-10-8-15(22)20-13-6-4-5-7-14(13)21(10)16(23)9-25-18(24)17-11(2)19-12(3)26-17/h4-7,10H,8-9H2,1-3H3,(H,20,22). The van der Waals surface area contributed by atoms with Gasteiger partial charge in [0.1, 0.15) is 4.88 Å². The van der Waals surface area contributed by atoms with E-state index in [-0.39, 0.29) is 24.3 Å². The number of esters is 1. The van der Waals surface area contributed by atoms with Crippen molar-refractivity contribution in [1.29, 1.82) is 0 Å². The number of benzene rings is 1. The molecule has 0 saturated carbocycles. The van der Waals surface area contributed by atoms with Crippen LogP contribution in [0.1, 0.15) is 33.7 Å². The Bertz CT molecular complexity index is 877. The van der Waals surface area contributed by atoms with Crippen LogP contribution in [-0.4, -0.2) is 35.4 Å². The van der Waals surface area contributed by atoms with E-state index in [0.29, 0.717) is 21.9 Å². The van der Waals surface area contributed by atoms with Crippen molar-refractivity contribution < 1.29 is 19.1 Å². The Hall–Kier alpha value is -2.74. The molecule has 7 nitrogen and oxygen atoms in total. The van der Waals surface area contributed by atoms with Crippen LogP contribution in [0.2, 0.25) is 0 Å². The number of aryl methyl sites for hydroxylation is 2. The molecule has 1 aliphatic rings. The maximum atomic E-state index is 12.8. The average molecular weight is 373 g/mol. The first-order valence-electron chi connectivity index (χ1n) is 8.19. The lowest BCUT2D eigenvalue weighted by atomic mass is 10.1. The first-order chi connectivity index (χ1) is 12.4. The van der Waals surface area contributed by atoms with Crippen LogP contribution in [-0.2, 0) is 14.3 Å². The van der Waals surface area contributed by atoms with Crippen molar-refractivity contribution in [3.05, 3.63) is 39.8 Å².